The molecule has 3 aromatic carbocycles. The highest BCUT2D eigenvalue weighted by molar-refractivity contribution is 7.89. The number of nitrogens with zero attached hydrogens (tertiary/aromatic N) is 2. The number of ether oxygens (including phenoxy) is 2. The Labute approximate surface area is 279 Å². The third-order valence-electron chi connectivity index (χ3n) is 7.94. The first kappa shape index (κ1) is 35.6. The van der Waals surface area contributed by atoms with Gasteiger partial charge in [0, 0.05) is 35.3 Å². The molecule has 0 amide bonds. The quantitative estimate of drug-likeness (QED) is 0.155. The van der Waals surface area contributed by atoms with E-state index in [0.717, 1.165) is 50.0 Å². The van der Waals surface area contributed by atoms with Crippen LogP contribution in [0.5, 0.6) is 11.5 Å². The smallest absolute Gasteiger partial charge is 0.328 e. The molecule has 47 heavy (non-hydrogen) atoms. The normalized spacial score (nSPS) is 17.8. The van der Waals surface area contributed by atoms with Crippen LogP contribution in [0.15, 0.2) is 83.8 Å². The molecule has 0 radical (unpaired) electrons. The van der Waals surface area contributed by atoms with Crippen LogP contribution in [0.1, 0.15) is 53.7 Å². The van der Waals surface area contributed by atoms with Gasteiger partial charge in [-0.1, -0.05) is 41.9 Å². The maximum atomic E-state index is 13.7. The Morgan fingerprint density at radius 1 is 0.936 bits per heavy atom. The van der Waals surface area contributed by atoms with E-state index >= 15 is 0 Å². The lowest BCUT2D eigenvalue weighted by Gasteiger charge is -2.38. The summed E-state index contributed by atoms with van der Waals surface area (Å²) in [6.45, 7) is 4.53. The fourth-order valence-corrected chi connectivity index (χ4v) is 7.92. The molecule has 0 spiro atoms. The fourth-order valence-electron chi connectivity index (χ4n) is 5.73. The number of halogens is 1. The molecule has 0 saturated carbocycles. The van der Waals surface area contributed by atoms with Gasteiger partial charge in [-0.05, 0) is 86.8 Å². The SMILES string of the molecule is COc1cc(C(C)=O)ccc1OCCCN1CCC(N2C(c3ccc(Cl)cc3)c3ccccc3S2(=O)=O)CC1.O=C(O)C=CC(=O)O. The number of hydrogen-bond donors (Lipinski definition) is 2. The standard InChI is InChI=1S/C30H33ClN2O5S.C4H4O4/c1-21(34)23-10-13-27(28(20-23)37-2)38-19-5-16-32-17-14-25(15-18-32)33-30(22-8-11-24(31)12-9-22)26-6-3-4-7-29(26)39(33,35)36;5-3(6)1-2-4(7)8/h3-4,6-13,20,25,30H,5,14-19H2,1-2H3;1-2H,(H,5,6)(H,7,8). The zero-order valence-corrected chi connectivity index (χ0v) is 27.6. The van der Waals surface area contributed by atoms with Gasteiger partial charge >= 0.3 is 11.9 Å². The summed E-state index contributed by atoms with van der Waals surface area (Å²) in [5.74, 6) is -1.37. The maximum absolute atomic E-state index is 13.7. The number of fused-ring (bicyclic) bond motifs is 1. The predicted octanol–water partition coefficient (Wildman–Crippen LogP) is 5.29. The number of rotatable bonds is 11. The average molecular weight is 685 g/mol. The summed E-state index contributed by atoms with van der Waals surface area (Å²) in [6, 6.07) is 19.6. The highest BCUT2D eigenvalue weighted by Crippen LogP contribution is 2.46. The van der Waals surface area contributed by atoms with Crippen LogP contribution >= 0.6 is 11.6 Å². The second-order valence-corrected chi connectivity index (χ2v) is 13.3. The second kappa shape index (κ2) is 16.1. The number of sulfonamides is 1. The second-order valence-electron chi connectivity index (χ2n) is 11.0. The van der Waals surface area contributed by atoms with Crippen molar-refractivity contribution in [1.29, 1.82) is 0 Å². The number of likely N-dealkylation sites (tertiary alicyclic amines) is 1. The van der Waals surface area contributed by atoms with Crippen molar-refractivity contribution in [3.8, 4) is 11.5 Å². The Hall–Kier alpha value is -4.23. The van der Waals surface area contributed by atoms with Crippen LogP contribution < -0.4 is 9.47 Å². The number of ketones is 1. The number of Topliss-reactive ketones (excluding diaryl/α,β-unsaturated/α-hetero) is 1. The number of benzene rings is 3. The van der Waals surface area contributed by atoms with Crippen molar-refractivity contribution in [3.63, 3.8) is 0 Å². The van der Waals surface area contributed by atoms with Gasteiger partial charge in [0.25, 0.3) is 0 Å². The summed E-state index contributed by atoms with van der Waals surface area (Å²) in [7, 11) is -2.05. The Kier molecular flexibility index (Phi) is 12.2. The number of carbonyl (C=O) groups excluding carboxylic acids is 1. The molecule has 11 nitrogen and oxygen atoms in total. The van der Waals surface area contributed by atoms with E-state index in [1.54, 1.807) is 41.7 Å². The zero-order valence-electron chi connectivity index (χ0n) is 26.0. The van der Waals surface area contributed by atoms with Crippen LogP contribution in [-0.4, -0.2) is 85.0 Å². The number of carboxylic acid groups (broad SMARTS) is 2. The molecule has 3 aromatic rings. The van der Waals surface area contributed by atoms with Gasteiger partial charge in [0.2, 0.25) is 10.0 Å². The first-order valence-electron chi connectivity index (χ1n) is 15.0. The molecule has 0 aliphatic carbocycles. The monoisotopic (exact) mass is 684 g/mol. The van der Waals surface area contributed by atoms with Gasteiger partial charge in [-0.2, -0.15) is 4.31 Å². The molecule has 1 saturated heterocycles. The van der Waals surface area contributed by atoms with E-state index in [0.29, 0.717) is 45.7 Å². The van der Waals surface area contributed by atoms with E-state index in [1.807, 2.05) is 36.4 Å². The molecule has 1 unspecified atom stereocenters. The van der Waals surface area contributed by atoms with Gasteiger partial charge in [-0.15, -0.1) is 0 Å². The Bertz CT molecular complexity index is 1700. The molecule has 1 atom stereocenters. The van der Waals surface area contributed by atoms with Gasteiger partial charge in [0.05, 0.1) is 24.7 Å². The van der Waals surface area contributed by atoms with Gasteiger partial charge in [0.15, 0.2) is 17.3 Å². The topological polar surface area (TPSA) is 151 Å². The van der Waals surface area contributed by atoms with Crippen molar-refractivity contribution < 1.29 is 42.5 Å². The Morgan fingerprint density at radius 3 is 2.17 bits per heavy atom. The van der Waals surface area contributed by atoms with E-state index in [-0.39, 0.29) is 17.9 Å². The lowest BCUT2D eigenvalue weighted by molar-refractivity contribution is -0.134. The van der Waals surface area contributed by atoms with Crippen molar-refractivity contribution in [1.82, 2.24) is 9.21 Å². The first-order valence-corrected chi connectivity index (χ1v) is 16.8. The maximum Gasteiger partial charge on any atom is 0.328 e. The van der Waals surface area contributed by atoms with Gasteiger partial charge < -0.3 is 24.6 Å². The Morgan fingerprint density at radius 2 is 1.57 bits per heavy atom. The predicted molar refractivity (Wildman–Crippen MR) is 176 cm³/mol. The number of carboxylic acids is 2. The molecule has 13 heteroatoms. The lowest BCUT2D eigenvalue weighted by Crippen LogP contribution is -2.46. The van der Waals surface area contributed by atoms with Crippen LogP contribution in [0.2, 0.25) is 5.02 Å². The van der Waals surface area contributed by atoms with Crippen molar-refractivity contribution in [3.05, 3.63) is 101 Å². The summed E-state index contributed by atoms with van der Waals surface area (Å²) in [5.41, 5.74) is 2.34. The number of carbonyl (C=O) groups is 3. The molecule has 0 aromatic heterocycles. The van der Waals surface area contributed by atoms with Crippen LogP contribution in [0.3, 0.4) is 0 Å². The fraction of sp³-hybridized carbons (Fsp3) is 0.324. The van der Waals surface area contributed by atoms with E-state index in [1.165, 1.54) is 6.92 Å². The van der Waals surface area contributed by atoms with Crippen molar-refractivity contribution in [2.45, 2.75) is 43.2 Å². The molecule has 250 valence electrons. The highest BCUT2D eigenvalue weighted by Gasteiger charge is 2.47. The van der Waals surface area contributed by atoms with Gasteiger partial charge in [0.1, 0.15) is 0 Å². The summed E-state index contributed by atoms with van der Waals surface area (Å²) in [6.07, 6.45) is 3.46. The highest BCUT2D eigenvalue weighted by atomic mass is 35.5. The van der Waals surface area contributed by atoms with E-state index in [4.69, 9.17) is 31.3 Å². The van der Waals surface area contributed by atoms with Crippen molar-refractivity contribution in [2.75, 3.05) is 33.4 Å². The number of hydrogen-bond acceptors (Lipinski definition) is 8. The lowest BCUT2D eigenvalue weighted by atomic mass is 9.95. The van der Waals surface area contributed by atoms with Crippen LogP contribution in [0.4, 0.5) is 0 Å². The minimum atomic E-state index is -3.61. The van der Waals surface area contributed by atoms with Gasteiger partial charge in [-0.25, -0.2) is 18.0 Å². The summed E-state index contributed by atoms with van der Waals surface area (Å²) in [5, 5.41) is 16.3. The molecule has 1 fully saturated rings. The minimum absolute atomic E-state index is 0.0200. The molecule has 2 aliphatic heterocycles. The molecule has 0 bridgehead atoms. The molecular formula is C34H37ClN2O9S. The zero-order chi connectivity index (χ0) is 34.1. The Balaban J connectivity index is 0.000000555. The first-order chi connectivity index (χ1) is 22.4. The van der Waals surface area contributed by atoms with E-state index < -0.39 is 22.0 Å². The minimum Gasteiger partial charge on any atom is -0.493 e. The third kappa shape index (κ3) is 8.98. The molecule has 2 heterocycles. The molecule has 2 aliphatic rings. The van der Waals surface area contributed by atoms with E-state index in [9.17, 15) is 22.8 Å². The van der Waals surface area contributed by atoms with Crippen LogP contribution in [0.25, 0.3) is 0 Å². The van der Waals surface area contributed by atoms with Gasteiger partial charge in [-0.3, -0.25) is 4.79 Å². The summed E-state index contributed by atoms with van der Waals surface area (Å²) < 4.78 is 40.5. The number of piperidine rings is 1. The number of methoxy groups -OCH3 is 1. The average Bonchev–Trinajstić information content (AvgIpc) is 3.29. The van der Waals surface area contributed by atoms with Crippen LogP contribution in [0, 0.1) is 0 Å². The largest absolute Gasteiger partial charge is 0.493 e. The van der Waals surface area contributed by atoms with Crippen molar-refractivity contribution in [2.24, 2.45) is 0 Å². The summed E-state index contributed by atoms with van der Waals surface area (Å²) in [4.78, 5) is 33.5. The third-order valence-corrected chi connectivity index (χ3v) is 10.2. The van der Waals surface area contributed by atoms with Crippen LogP contribution in [-0.2, 0) is 19.6 Å². The molecule has 5 rings (SSSR count). The summed E-state index contributed by atoms with van der Waals surface area (Å²) >= 11 is 6.13. The molecular weight excluding hydrogens is 648 g/mol. The van der Waals surface area contributed by atoms with Crippen molar-refractivity contribution >= 4 is 39.3 Å². The number of aliphatic carboxylic acids is 2. The molecule has 2 N–H and O–H groups in total. The van der Waals surface area contributed by atoms with E-state index in [2.05, 4.69) is 4.90 Å².